The van der Waals surface area contributed by atoms with E-state index >= 15 is 0 Å². The summed E-state index contributed by atoms with van der Waals surface area (Å²) in [5, 5.41) is 16.2. The van der Waals surface area contributed by atoms with Gasteiger partial charge < -0.3 is 10.4 Å². The fourth-order valence-electron chi connectivity index (χ4n) is 2.27. The molecule has 0 radical (unpaired) electrons. The van der Waals surface area contributed by atoms with Crippen molar-refractivity contribution in [2.75, 3.05) is 5.32 Å². The summed E-state index contributed by atoms with van der Waals surface area (Å²) in [6, 6.07) is 4.75. The fraction of sp³-hybridized carbons (Fsp3) is 0.133. The first kappa shape index (κ1) is 14.0. The summed E-state index contributed by atoms with van der Waals surface area (Å²) in [5.74, 6) is -0.938. The van der Waals surface area contributed by atoms with Gasteiger partial charge in [-0.1, -0.05) is 6.07 Å². The molecular formula is C15H13FN4O2. The van der Waals surface area contributed by atoms with Crippen LogP contribution >= 0.6 is 0 Å². The Balaban J connectivity index is 2.10. The van der Waals surface area contributed by atoms with E-state index in [1.807, 2.05) is 0 Å². The third kappa shape index (κ3) is 2.26. The second-order valence-corrected chi connectivity index (χ2v) is 4.96. The minimum Gasteiger partial charge on any atom is -0.478 e. The number of aromatic carboxylic acids is 1. The molecule has 6 nitrogen and oxygen atoms in total. The monoisotopic (exact) mass is 300 g/mol. The zero-order valence-corrected chi connectivity index (χ0v) is 12.0. The van der Waals surface area contributed by atoms with Gasteiger partial charge in [-0.15, -0.1) is 0 Å². The molecule has 1 aromatic carbocycles. The Morgan fingerprint density at radius 2 is 2.14 bits per heavy atom. The predicted octanol–water partition coefficient (Wildman–Crippen LogP) is 2.93. The molecule has 0 saturated heterocycles. The number of aromatic nitrogens is 3. The van der Waals surface area contributed by atoms with Crippen LogP contribution in [0.2, 0.25) is 0 Å². The lowest BCUT2D eigenvalue weighted by Crippen LogP contribution is -2.00. The predicted molar refractivity (Wildman–Crippen MR) is 79.1 cm³/mol. The molecule has 0 spiro atoms. The van der Waals surface area contributed by atoms with Crippen molar-refractivity contribution in [1.29, 1.82) is 0 Å². The van der Waals surface area contributed by atoms with Gasteiger partial charge >= 0.3 is 5.97 Å². The molecular weight excluding hydrogens is 287 g/mol. The number of nitrogens with one attached hydrogen (secondary N) is 1. The van der Waals surface area contributed by atoms with E-state index in [-0.39, 0.29) is 11.4 Å². The van der Waals surface area contributed by atoms with Crippen molar-refractivity contribution in [3.63, 3.8) is 0 Å². The average molecular weight is 300 g/mol. The van der Waals surface area contributed by atoms with E-state index < -0.39 is 5.97 Å². The summed E-state index contributed by atoms with van der Waals surface area (Å²) >= 11 is 0. The van der Waals surface area contributed by atoms with Crippen molar-refractivity contribution in [3.8, 4) is 0 Å². The van der Waals surface area contributed by atoms with E-state index in [1.54, 1.807) is 26.0 Å². The third-order valence-electron chi connectivity index (χ3n) is 3.49. The molecule has 3 rings (SSSR count). The Kier molecular flexibility index (Phi) is 3.25. The topological polar surface area (TPSA) is 79.5 Å². The lowest BCUT2D eigenvalue weighted by Gasteiger charge is -2.08. The van der Waals surface area contributed by atoms with Crippen LogP contribution in [0.5, 0.6) is 0 Å². The lowest BCUT2D eigenvalue weighted by molar-refractivity contribution is 0.0696. The van der Waals surface area contributed by atoms with Gasteiger partial charge in [0.05, 0.1) is 5.56 Å². The minimum absolute atomic E-state index is 0.152. The maximum absolute atomic E-state index is 13.6. The maximum atomic E-state index is 13.6. The summed E-state index contributed by atoms with van der Waals surface area (Å²) in [6.07, 6.45) is 2.74. The molecule has 0 atom stereocenters. The summed E-state index contributed by atoms with van der Waals surface area (Å²) in [5.41, 5.74) is 2.31. The van der Waals surface area contributed by atoms with Crippen molar-refractivity contribution in [3.05, 3.63) is 53.2 Å². The van der Waals surface area contributed by atoms with E-state index in [4.69, 9.17) is 0 Å². The van der Waals surface area contributed by atoms with E-state index in [9.17, 15) is 14.3 Å². The van der Waals surface area contributed by atoms with Crippen LogP contribution < -0.4 is 5.32 Å². The lowest BCUT2D eigenvalue weighted by atomic mass is 10.2. The van der Waals surface area contributed by atoms with Crippen LogP contribution in [-0.2, 0) is 0 Å². The number of carbonyl (C=O) groups is 1. The highest BCUT2D eigenvalue weighted by molar-refractivity contribution is 5.94. The number of rotatable bonds is 3. The van der Waals surface area contributed by atoms with Gasteiger partial charge in [-0.05, 0) is 37.1 Å². The molecule has 0 aliphatic rings. The number of fused-ring (bicyclic) bond motifs is 1. The highest BCUT2D eigenvalue weighted by atomic mass is 19.1. The number of carboxylic acids is 1. The third-order valence-corrected chi connectivity index (χ3v) is 3.49. The second kappa shape index (κ2) is 5.10. The molecule has 2 aromatic heterocycles. The van der Waals surface area contributed by atoms with Crippen LogP contribution in [0.4, 0.5) is 15.9 Å². The zero-order valence-electron chi connectivity index (χ0n) is 12.0. The number of anilines is 2. The van der Waals surface area contributed by atoms with E-state index in [2.05, 4.69) is 15.4 Å². The van der Waals surface area contributed by atoms with Gasteiger partial charge in [0.1, 0.15) is 17.7 Å². The van der Waals surface area contributed by atoms with Crippen molar-refractivity contribution >= 4 is 23.0 Å². The van der Waals surface area contributed by atoms with Crippen LogP contribution in [0.3, 0.4) is 0 Å². The largest absolute Gasteiger partial charge is 0.478 e. The number of carboxylic acid groups (broad SMARTS) is 1. The van der Waals surface area contributed by atoms with Crippen LogP contribution in [0, 0.1) is 19.7 Å². The molecule has 0 amide bonds. The Labute approximate surface area is 125 Å². The molecule has 7 heteroatoms. The molecule has 22 heavy (non-hydrogen) atoms. The molecule has 0 fully saturated rings. The van der Waals surface area contributed by atoms with Crippen molar-refractivity contribution in [2.24, 2.45) is 0 Å². The van der Waals surface area contributed by atoms with E-state index in [1.165, 1.54) is 23.1 Å². The van der Waals surface area contributed by atoms with Crippen molar-refractivity contribution in [2.45, 2.75) is 13.8 Å². The van der Waals surface area contributed by atoms with Crippen molar-refractivity contribution in [1.82, 2.24) is 14.6 Å². The fourth-order valence-corrected chi connectivity index (χ4v) is 2.27. The quantitative estimate of drug-likeness (QED) is 0.777. The summed E-state index contributed by atoms with van der Waals surface area (Å²) < 4.78 is 15.1. The number of hydrogen-bond acceptors (Lipinski definition) is 4. The van der Waals surface area contributed by atoms with Gasteiger partial charge in [-0.3, -0.25) is 0 Å². The van der Waals surface area contributed by atoms with Gasteiger partial charge in [0, 0.05) is 11.9 Å². The Morgan fingerprint density at radius 3 is 2.82 bits per heavy atom. The SMILES string of the molecule is Cc1ccc(Nc2ncnn3cc(C(=O)O)c(C)c23)cc1F. The number of benzene rings is 1. The normalized spacial score (nSPS) is 10.9. The van der Waals surface area contributed by atoms with Crippen LogP contribution in [0.15, 0.2) is 30.7 Å². The number of hydrogen-bond donors (Lipinski definition) is 2. The molecule has 0 unspecified atom stereocenters. The van der Waals surface area contributed by atoms with Gasteiger partial charge in [-0.25, -0.2) is 18.7 Å². The van der Waals surface area contributed by atoms with Crippen molar-refractivity contribution < 1.29 is 14.3 Å². The molecule has 0 aliphatic heterocycles. The van der Waals surface area contributed by atoms with Gasteiger partial charge in [0.15, 0.2) is 5.82 Å². The summed E-state index contributed by atoms with van der Waals surface area (Å²) in [4.78, 5) is 15.3. The second-order valence-electron chi connectivity index (χ2n) is 4.96. The van der Waals surface area contributed by atoms with E-state index in [0.717, 1.165) is 0 Å². The zero-order chi connectivity index (χ0) is 15.9. The molecule has 0 saturated carbocycles. The highest BCUT2D eigenvalue weighted by Gasteiger charge is 2.17. The maximum Gasteiger partial charge on any atom is 0.337 e. The molecule has 0 aliphatic carbocycles. The molecule has 0 bridgehead atoms. The highest BCUT2D eigenvalue weighted by Crippen LogP contribution is 2.25. The van der Waals surface area contributed by atoms with Crippen LogP contribution in [0.25, 0.3) is 5.52 Å². The Bertz CT molecular complexity index is 889. The minimum atomic E-state index is -1.03. The van der Waals surface area contributed by atoms with Gasteiger partial charge in [-0.2, -0.15) is 5.10 Å². The number of aryl methyl sites for hydroxylation is 2. The molecule has 2 heterocycles. The van der Waals surface area contributed by atoms with Gasteiger partial charge in [0.2, 0.25) is 0 Å². The molecule has 3 aromatic rings. The van der Waals surface area contributed by atoms with Gasteiger partial charge in [0.25, 0.3) is 0 Å². The first-order valence-electron chi connectivity index (χ1n) is 6.57. The molecule has 2 N–H and O–H groups in total. The summed E-state index contributed by atoms with van der Waals surface area (Å²) in [6.45, 7) is 3.36. The van der Waals surface area contributed by atoms with E-state index in [0.29, 0.717) is 28.1 Å². The first-order chi connectivity index (χ1) is 10.5. The molecule has 112 valence electrons. The summed E-state index contributed by atoms with van der Waals surface area (Å²) in [7, 11) is 0. The Hall–Kier alpha value is -2.96. The number of halogens is 1. The average Bonchev–Trinajstić information content (AvgIpc) is 2.81. The van der Waals surface area contributed by atoms with Crippen LogP contribution in [-0.4, -0.2) is 25.7 Å². The van der Waals surface area contributed by atoms with Crippen LogP contribution in [0.1, 0.15) is 21.5 Å². The first-order valence-corrected chi connectivity index (χ1v) is 6.57. The standard InChI is InChI=1S/C15H13FN4O2/c1-8-3-4-10(5-12(8)16)19-14-13-9(2)11(15(21)22)6-20(13)18-7-17-14/h3-7H,1-2H3,(H,21,22)(H,17,18,19). The Morgan fingerprint density at radius 1 is 1.36 bits per heavy atom. The number of nitrogens with zero attached hydrogens (tertiary/aromatic N) is 3. The smallest absolute Gasteiger partial charge is 0.337 e.